The molecule has 3 nitrogen and oxygen atoms in total. The van der Waals surface area contributed by atoms with E-state index >= 15 is 0 Å². The zero-order chi connectivity index (χ0) is 13.5. The van der Waals surface area contributed by atoms with E-state index in [-0.39, 0.29) is 5.91 Å². The first-order chi connectivity index (χ1) is 8.58. The lowest BCUT2D eigenvalue weighted by Gasteiger charge is -2.19. The molecule has 0 aromatic carbocycles. The summed E-state index contributed by atoms with van der Waals surface area (Å²) in [5.41, 5.74) is 1.53. The maximum absolute atomic E-state index is 11.9. The Balaban J connectivity index is 2.48. The molecule has 100 valence electrons. The third-order valence-electron chi connectivity index (χ3n) is 3.19. The molecule has 0 saturated carbocycles. The van der Waals surface area contributed by atoms with E-state index in [1.54, 1.807) is 12.3 Å². The van der Waals surface area contributed by atoms with Gasteiger partial charge < -0.3 is 5.32 Å². The topological polar surface area (TPSA) is 42.0 Å². The Bertz CT molecular complexity index is 374. The molecule has 0 aliphatic rings. The summed E-state index contributed by atoms with van der Waals surface area (Å²) < 4.78 is 0. The highest BCUT2D eigenvalue weighted by Gasteiger charge is 2.16. The normalized spacial score (nSPS) is 12.5. The van der Waals surface area contributed by atoms with E-state index in [1.165, 1.54) is 0 Å². The number of rotatable bonds is 6. The molecule has 0 bridgehead atoms. The van der Waals surface area contributed by atoms with Crippen LogP contribution in [0.1, 0.15) is 42.7 Å². The molecular weight excluding hydrogens is 292 g/mol. The second-order valence-electron chi connectivity index (χ2n) is 4.49. The molecule has 0 aliphatic carbocycles. The van der Waals surface area contributed by atoms with Crippen molar-refractivity contribution in [3.8, 4) is 0 Å². The van der Waals surface area contributed by atoms with Crippen molar-refractivity contribution >= 4 is 21.8 Å². The van der Waals surface area contributed by atoms with E-state index in [9.17, 15) is 4.79 Å². The summed E-state index contributed by atoms with van der Waals surface area (Å²) in [6.45, 7) is 6.91. The Labute approximate surface area is 118 Å². The average molecular weight is 313 g/mol. The van der Waals surface area contributed by atoms with Gasteiger partial charge in [-0.1, -0.05) is 42.6 Å². The van der Waals surface area contributed by atoms with Crippen LogP contribution in [-0.4, -0.2) is 22.3 Å². The van der Waals surface area contributed by atoms with Crippen molar-refractivity contribution in [2.45, 2.75) is 38.4 Å². The molecule has 1 amide bonds. The van der Waals surface area contributed by atoms with Crippen molar-refractivity contribution in [2.24, 2.45) is 5.92 Å². The zero-order valence-electron chi connectivity index (χ0n) is 11.2. The minimum absolute atomic E-state index is 0.0575. The molecule has 1 N–H and O–H groups in total. The number of nitrogens with zero attached hydrogens (tertiary/aromatic N) is 1. The summed E-state index contributed by atoms with van der Waals surface area (Å²) in [5.74, 6) is 0.541. The predicted molar refractivity (Wildman–Crippen MR) is 78.1 cm³/mol. The first kappa shape index (κ1) is 15.2. The zero-order valence-corrected chi connectivity index (χ0v) is 12.8. The monoisotopic (exact) mass is 312 g/mol. The minimum atomic E-state index is -0.0575. The minimum Gasteiger partial charge on any atom is -0.351 e. The standard InChI is InChI=1S/C14H21BrN2O/c1-4-11(5-2)13(15)9-17-14(18)12-7-6-10(3)16-8-12/h6-8,11,13H,4-5,9H2,1-3H3,(H,17,18). The summed E-state index contributed by atoms with van der Waals surface area (Å²) in [4.78, 5) is 16.3. The van der Waals surface area contributed by atoms with Crippen LogP contribution in [0.3, 0.4) is 0 Å². The van der Waals surface area contributed by atoms with Gasteiger partial charge in [0, 0.05) is 23.3 Å². The van der Waals surface area contributed by atoms with Gasteiger partial charge in [-0.3, -0.25) is 9.78 Å². The van der Waals surface area contributed by atoms with Crippen molar-refractivity contribution in [3.05, 3.63) is 29.6 Å². The van der Waals surface area contributed by atoms with Gasteiger partial charge in [0.15, 0.2) is 0 Å². The van der Waals surface area contributed by atoms with Crippen LogP contribution in [-0.2, 0) is 0 Å². The van der Waals surface area contributed by atoms with Crippen LogP contribution in [0.25, 0.3) is 0 Å². The molecule has 0 spiro atoms. The van der Waals surface area contributed by atoms with Gasteiger partial charge in [-0.2, -0.15) is 0 Å². The maximum atomic E-state index is 11.9. The van der Waals surface area contributed by atoms with Gasteiger partial charge in [0.05, 0.1) is 5.56 Å². The van der Waals surface area contributed by atoms with Crippen LogP contribution in [0.5, 0.6) is 0 Å². The number of nitrogens with one attached hydrogen (secondary N) is 1. The van der Waals surface area contributed by atoms with E-state index < -0.39 is 0 Å². The second-order valence-corrected chi connectivity index (χ2v) is 5.67. The molecule has 1 aromatic heterocycles. The molecule has 1 heterocycles. The molecule has 18 heavy (non-hydrogen) atoms. The van der Waals surface area contributed by atoms with Crippen LogP contribution < -0.4 is 5.32 Å². The fourth-order valence-corrected chi connectivity index (χ4v) is 2.77. The Hall–Kier alpha value is -0.900. The number of halogens is 1. The summed E-state index contributed by atoms with van der Waals surface area (Å²) >= 11 is 3.65. The van der Waals surface area contributed by atoms with E-state index in [4.69, 9.17) is 0 Å². The number of aromatic nitrogens is 1. The van der Waals surface area contributed by atoms with E-state index in [0.717, 1.165) is 18.5 Å². The highest BCUT2D eigenvalue weighted by atomic mass is 79.9. The summed E-state index contributed by atoms with van der Waals surface area (Å²) in [7, 11) is 0. The van der Waals surface area contributed by atoms with Gasteiger partial charge in [-0.15, -0.1) is 0 Å². The first-order valence-corrected chi connectivity index (χ1v) is 7.35. The number of carbonyl (C=O) groups excluding carboxylic acids is 1. The number of carbonyl (C=O) groups is 1. The fourth-order valence-electron chi connectivity index (χ4n) is 1.86. The number of aryl methyl sites for hydroxylation is 1. The third kappa shape index (κ3) is 4.41. The van der Waals surface area contributed by atoms with Gasteiger partial charge in [0.25, 0.3) is 5.91 Å². The van der Waals surface area contributed by atoms with Crippen LogP contribution in [0.2, 0.25) is 0 Å². The van der Waals surface area contributed by atoms with Crippen molar-refractivity contribution in [1.82, 2.24) is 10.3 Å². The number of hydrogen-bond acceptors (Lipinski definition) is 2. The number of amides is 1. The van der Waals surface area contributed by atoms with Crippen LogP contribution in [0.4, 0.5) is 0 Å². The third-order valence-corrected chi connectivity index (χ3v) is 4.26. The Kier molecular flexibility index (Phi) is 6.33. The molecule has 1 unspecified atom stereocenters. The molecule has 1 atom stereocenters. The maximum Gasteiger partial charge on any atom is 0.252 e. The average Bonchev–Trinajstić information content (AvgIpc) is 2.38. The van der Waals surface area contributed by atoms with Gasteiger partial charge in [-0.05, 0) is 25.0 Å². The van der Waals surface area contributed by atoms with Crippen LogP contribution >= 0.6 is 15.9 Å². The van der Waals surface area contributed by atoms with E-state index in [0.29, 0.717) is 22.9 Å². The Morgan fingerprint density at radius 3 is 2.56 bits per heavy atom. The molecule has 0 aliphatic heterocycles. The quantitative estimate of drug-likeness (QED) is 0.819. The first-order valence-electron chi connectivity index (χ1n) is 6.43. The number of pyridine rings is 1. The van der Waals surface area contributed by atoms with Crippen molar-refractivity contribution in [3.63, 3.8) is 0 Å². The molecule has 4 heteroatoms. The molecule has 1 aromatic rings. The molecular formula is C14H21BrN2O. The highest BCUT2D eigenvalue weighted by Crippen LogP contribution is 2.19. The molecule has 0 fully saturated rings. The highest BCUT2D eigenvalue weighted by molar-refractivity contribution is 9.09. The van der Waals surface area contributed by atoms with Crippen molar-refractivity contribution < 1.29 is 4.79 Å². The van der Waals surface area contributed by atoms with Gasteiger partial charge in [-0.25, -0.2) is 0 Å². The summed E-state index contributed by atoms with van der Waals surface area (Å²) in [5, 5.41) is 2.94. The predicted octanol–water partition coefficient (Wildman–Crippen LogP) is 3.32. The van der Waals surface area contributed by atoms with Gasteiger partial charge >= 0.3 is 0 Å². The van der Waals surface area contributed by atoms with Crippen LogP contribution in [0.15, 0.2) is 18.3 Å². The van der Waals surface area contributed by atoms with E-state index in [2.05, 4.69) is 40.1 Å². The van der Waals surface area contributed by atoms with Gasteiger partial charge in [0.1, 0.15) is 0 Å². The summed E-state index contributed by atoms with van der Waals surface area (Å²) in [6.07, 6.45) is 3.85. The summed E-state index contributed by atoms with van der Waals surface area (Å²) in [6, 6.07) is 3.65. The lowest BCUT2D eigenvalue weighted by Crippen LogP contribution is -2.32. The smallest absolute Gasteiger partial charge is 0.252 e. The molecule has 0 radical (unpaired) electrons. The SMILES string of the molecule is CCC(CC)C(Br)CNC(=O)c1ccc(C)nc1. The largest absolute Gasteiger partial charge is 0.351 e. The molecule has 1 rings (SSSR count). The lowest BCUT2D eigenvalue weighted by atomic mass is 9.99. The number of alkyl halides is 1. The lowest BCUT2D eigenvalue weighted by molar-refractivity contribution is 0.0951. The second kappa shape index (κ2) is 7.52. The number of hydrogen-bond donors (Lipinski definition) is 1. The van der Waals surface area contributed by atoms with Gasteiger partial charge in [0.2, 0.25) is 0 Å². The fraction of sp³-hybridized carbons (Fsp3) is 0.571. The van der Waals surface area contributed by atoms with E-state index in [1.807, 2.05) is 13.0 Å². The Morgan fingerprint density at radius 1 is 1.39 bits per heavy atom. The van der Waals surface area contributed by atoms with Crippen molar-refractivity contribution in [2.75, 3.05) is 6.54 Å². The van der Waals surface area contributed by atoms with Crippen molar-refractivity contribution in [1.29, 1.82) is 0 Å². The molecule has 0 saturated heterocycles. The Morgan fingerprint density at radius 2 is 2.06 bits per heavy atom. The van der Waals surface area contributed by atoms with Crippen LogP contribution in [0, 0.1) is 12.8 Å².